The van der Waals surface area contributed by atoms with E-state index < -0.39 is 22.0 Å². The molecule has 1 N–H and O–H groups in total. The van der Waals surface area contributed by atoms with Crippen molar-refractivity contribution in [2.75, 3.05) is 53.2 Å². The zero-order chi connectivity index (χ0) is 25.4. The van der Waals surface area contributed by atoms with Gasteiger partial charge in [-0.3, -0.25) is 14.5 Å². The summed E-state index contributed by atoms with van der Waals surface area (Å²) in [6.07, 6.45) is 1.16. The number of rotatable bonds is 10. The summed E-state index contributed by atoms with van der Waals surface area (Å²) in [4.78, 5) is 26.8. The molecule has 35 heavy (non-hydrogen) atoms. The number of hydrogen-bond acceptors (Lipinski definition) is 8. The highest BCUT2D eigenvalue weighted by atomic mass is 32.2. The van der Waals surface area contributed by atoms with Gasteiger partial charge >= 0.3 is 5.97 Å². The van der Waals surface area contributed by atoms with E-state index in [1.807, 2.05) is 29.2 Å². The molecular weight excluding hydrogens is 474 g/mol. The number of nitrogens with zero attached hydrogens (tertiary/aromatic N) is 2. The predicted molar refractivity (Wildman–Crippen MR) is 130 cm³/mol. The second kappa shape index (κ2) is 12.0. The largest absolute Gasteiger partial charge is 0.497 e. The van der Waals surface area contributed by atoms with Gasteiger partial charge in [0.1, 0.15) is 24.1 Å². The average Bonchev–Trinajstić information content (AvgIpc) is 2.87. The molecule has 1 fully saturated rings. The highest BCUT2D eigenvalue weighted by Crippen LogP contribution is 2.17. The molecular formula is C24H31N3O7S. The summed E-state index contributed by atoms with van der Waals surface area (Å²) in [7, 11) is -0.385. The molecule has 1 aliphatic rings. The lowest BCUT2D eigenvalue weighted by atomic mass is 10.1. The van der Waals surface area contributed by atoms with E-state index >= 15 is 0 Å². The molecule has 1 aliphatic heterocycles. The highest BCUT2D eigenvalue weighted by Gasteiger charge is 2.32. The Morgan fingerprint density at radius 2 is 1.54 bits per heavy atom. The molecule has 0 spiro atoms. The van der Waals surface area contributed by atoms with Gasteiger partial charge in [0.15, 0.2) is 0 Å². The van der Waals surface area contributed by atoms with Crippen LogP contribution in [-0.4, -0.2) is 88.7 Å². The summed E-state index contributed by atoms with van der Waals surface area (Å²) in [6.45, 7) is 1.70. The number of carbonyl (C=O) groups excluding carboxylic acids is 2. The van der Waals surface area contributed by atoms with Crippen LogP contribution in [0.3, 0.4) is 0 Å². The molecule has 2 aromatic rings. The summed E-state index contributed by atoms with van der Waals surface area (Å²) < 4.78 is 40.6. The Balaban J connectivity index is 1.53. The van der Waals surface area contributed by atoms with Crippen molar-refractivity contribution < 1.29 is 32.2 Å². The quantitative estimate of drug-likeness (QED) is 0.478. The van der Waals surface area contributed by atoms with Gasteiger partial charge in [0.05, 0.1) is 20.5 Å². The van der Waals surface area contributed by atoms with Crippen LogP contribution in [0.4, 0.5) is 0 Å². The van der Waals surface area contributed by atoms with Gasteiger partial charge in [0, 0.05) is 38.3 Å². The number of carbonyl (C=O) groups is 2. The third kappa shape index (κ3) is 7.41. The summed E-state index contributed by atoms with van der Waals surface area (Å²) in [6, 6.07) is 13.6. The van der Waals surface area contributed by atoms with E-state index in [1.165, 1.54) is 11.4 Å². The lowest BCUT2D eigenvalue weighted by Crippen LogP contribution is -2.57. The third-order valence-electron chi connectivity index (χ3n) is 5.79. The zero-order valence-electron chi connectivity index (χ0n) is 20.1. The smallest absolute Gasteiger partial charge is 0.324 e. The predicted octanol–water partition coefficient (Wildman–Crippen LogP) is 1.12. The van der Waals surface area contributed by atoms with Crippen LogP contribution in [0.25, 0.3) is 0 Å². The van der Waals surface area contributed by atoms with E-state index in [2.05, 4.69) is 5.32 Å². The Labute approximate surface area is 205 Å². The number of piperazine rings is 1. The highest BCUT2D eigenvalue weighted by molar-refractivity contribution is 7.88. The standard InChI is InChI=1S/C24H31N3O7S/c1-32-20-8-4-18(5-9-20)17-34-21-10-6-19(7-11-21)23(28)25-16-22(24(29)33-2)26-12-14-27(15-13-26)35(3,30)31/h4-11,22H,12-17H2,1-3H3,(H,25,28)/t22-/m0/s1. The minimum atomic E-state index is -3.28. The summed E-state index contributed by atoms with van der Waals surface area (Å²) in [5.74, 6) is 0.569. The first-order chi connectivity index (χ1) is 16.7. The first-order valence-corrected chi connectivity index (χ1v) is 13.0. The number of amides is 1. The molecule has 2 aromatic carbocycles. The van der Waals surface area contributed by atoms with E-state index in [4.69, 9.17) is 14.2 Å². The van der Waals surface area contributed by atoms with Crippen LogP contribution < -0.4 is 14.8 Å². The molecule has 190 valence electrons. The number of benzene rings is 2. The van der Waals surface area contributed by atoms with Gasteiger partial charge in [0.25, 0.3) is 5.91 Å². The fraction of sp³-hybridized carbons (Fsp3) is 0.417. The van der Waals surface area contributed by atoms with Crippen LogP contribution in [0, 0.1) is 0 Å². The summed E-state index contributed by atoms with van der Waals surface area (Å²) in [5, 5.41) is 2.78. The second-order valence-corrected chi connectivity index (χ2v) is 10.1. The van der Waals surface area contributed by atoms with Crippen molar-refractivity contribution in [1.29, 1.82) is 0 Å². The van der Waals surface area contributed by atoms with Gasteiger partial charge in [-0.25, -0.2) is 8.42 Å². The molecule has 0 saturated carbocycles. The normalized spacial score (nSPS) is 15.7. The third-order valence-corrected chi connectivity index (χ3v) is 7.10. The lowest BCUT2D eigenvalue weighted by Gasteiger charge is -2.37. The first kappa shape index (κ1) is 26.5. The molecule has 0 unspecified atom stereocenters. The van der Waals surface area contributed by atoms with Crippen molar-refractivity contribution in [1.82, 2.24) is 14.5 Å². The van der Waals surface area contributed by atoms with Gasteiger partial charge in [-0.1, -0.05) is 12.1 Å². The van der Waals surface area contributed by atoms with E-state index in [0.29, 0.717) is 31.0 Å². The van der Waals surface area contributed by atoms with Gasteiger partial charge in [-0.2, -0.15) is 4.31 Å². The van der Waals surface area contributed by atoms with E-state index in [9.17, 15) is 18.0 Å². The number of hydrogen-bond donors (Lipinski definition) is 1. The van der Waals surface area contributed by atoms with Crippen molar-refractivity contribution in [2.24, 2.45) is 0 Å². The fourth-order valence-corrected chi connectivity index (χ4v) is 4.55. The molecule has 0 radical (unpaired) electrons. The Bertz CT molecular complexity index is 1100. The minimum absolute atomic E-state index is 0.0418. The molecule has 0 bridgehead atoms. The minimum Gasteiger partial charge on any atom is -0.497 e. The Morgan fingerprint density at radius 3 is 2.09 bits per heavy atom. The van der Waals surface area contributed by atoms with Crippen LogP contribution in [0.1, 0.15) is 15.9 Å². The molecule has 1 atom stereocenters. The van der Waals surface area contributed by atoms with Crippen molar-refractivity contribution in [3.8, 4) is 11.5 Å². The topological polar surface area (TPSA) is 114 Å². The average molecular weight is 506 g/mol. The molecule has 1 amide bonds. The van der Waals surface area contributed by atoms with Gasteiger partial charge in [-0.15, -0.1) is 0 Å². The SMILES string of the molecule is COC(=O)[C@H](CNC(=O)c1ccc(OCc2ccc(OC)cc2)cc1)N1CCN(S(C)(=O)=O)CC1. The maximum atomic E-state index is 12.7. The molecule has 11 heteroatoms. The van der Waals surface area contributed by atoms with E-state index in [0.717, 1.165) is 17.6 Å². The van der Waals surface area contributed by atoms with Crippen molar-refractivity contribution in [3.63, 3.8) is 0 Å². The van der Waals surface area contributed by atoms with E-state index in [-0.39, 0.29) is 25.5 Å². The molecule has 10 nitrogen and oxygen atoms in total. The summed E-state index contributed by atoms with van der Waals surface area (Å²) in [5.41, 5.74) is 1.41. The maximum absolute atomic E-state index is 12.7. The van der Waals surface area contributed by atoms with Crippen LogP contribution in [0.2, 0.25) is 0 Å². The molecule has 0 aliphatic carbocycles. The number of nitrogens with one attached hydrogen (secondary N) is 1. The van der Waals surface area contributed by atoms with E-state index in [1.54, 1.807) is 31.4 Å². The number of ether oxygens (including phenoxy) is 3. The van der Waals surface area contributed by atoms with Gasteiger partial charge < -0.3 is 19.5 Å². The maximum Gasteiger partial charge on any atom is 0.324 e. The monoisotopic (exact) mass is 505 g/mol. The number of methoxy groups -OCH3 is 2. The lowest BCUT2D eigenvalue weighted by molar-refractivity contribution is -0.147. The summed E-state index contributed by atoms with van der Waals surface area (Å²) >= 11 is 0. The van der Waals surface area contributed by atoms with Crippen molar-refractivity contribution in [3.05, 3.63) is 59.7 Å². The van der Waals surface area contributed by atoms with Gasteiger partial charge in [0.2, 0.25) is 10.0 Å². The molecule has 3 rings (SSSR count). The van der Waals surface area contributed by atoms with Gasteiger partial charge in [-0.05, 0) is 42.0 Å². The molecule has 1 saturated heterocycles. The van der Waals surface area contributed by atoms with Crippen LogP contribution >= 0.6 is 0 Å². The Hall–Kier alpha value is -3.15. The number of sulfonamides is 1. The van der Waals surface area contributed by atoms with Crippen LogP contribution in [0.5, 0.6) is 11.5 Å². The van der Waals surface area contributed by atoms with Crippen LogP contribution in [0.15, 0.2) is 48.5 Å². The second-order valence-electron chi connectivity index (χ2n) is 8.11. The Morgan fingerprint density at radius 1 is 0.943 bits per heavy atom. The fourth-order valence-electron chi connectivity index (χ4n) is 3.73. The first-order valence-electron chi connectivity index (χ1n) is 11.1. The van der Waals surface area contributed by atoms with Crippen molar-refractivity contribution in [2.45, 2.75) is 12.6 Å². The zero-order valence-corrected chi connectivity index (χ0v) is 20.9. The van der Waals surface area contributed by atoms with Crippen LogP contribution in [-0.2, 0) is 26.2 Å². The Kier molecular flexibility index (Phi) is 9.07. The van der Waals surface area contributed by atoms with Crippen molar-refractivity contribution >= 4 is 21.9 Å². The molecule has 1 heterocycles. The number of esters is 1. The molecule has 0 aromatic heterocycles.